The summed E-state index contributed by atoms with van der Waals surface area (Å²) < 4.78 is 96.9. The number of rotatable bonds is 10. The number of halogens is 6. The third-order valence-electron chi connectivity index (χ3n) is 8.27. The minimum absolute atomic E-state index is 0.0945. The zero-order chi connectivity index (χ0) is 30.5. The van der Waals surface area contributed by atoms with Gasteiger partial charge in [0, 0.05) is 51.4 Å². The lowest BCUT2D eigenvalue weighted by Gasteiger charge is -2.43. The molecular weight excluding hydrogens is 564 g/mol. The van der Waals surface area contributed by atoms with E-state index in [1.807, 2.05) is 12.1 Å². The van der Waals surface area contributed by atoms with Crippen molar-refractivity contribution in [2.45, 2.75) is 63.1 Å². The van der Waals surface area contributed by atoms with Gasteiger partial charge in [-0.25, -0.2) is 0 Å². The van der Waals surface area contributed by atoms with Gasteiger partial charge >= 0.3 is 12.4 Å². The van der Waals surface area contributed by atoms with Gasteiger partial charge in [0.15, 0.2) is 11.5 Å². The number of alkyl halides is 6. The molecule has 1 saturated carbocycles. The number of ether oxygens (including phenoxy) is 3. The van der Waals surface area contributed by atoms with Crippen LogP contribution in [-0.4, -0.2) is 69.9 Å². The van der Waals surface area contributed by atoms with Crippen LogP contribution in [0.5, 0.6) is 17.2 Å². The van der Waals surface area contributed by atoms with Crippen LogP contribution in [0.25, 0.3) is 0 Å². The molecule has 1 saturated heterocycles. The van der Waals surface area contributed by atoms with Gasteiger partial charge in [-0.3, -0.25) is 9.80 Å². The fourth-order valence-corrected chi connectivity index (χ4v) is 6.09. The SMILES string of the molecule is COc1cc(C(CNCc2cc(C(F)(F)F)cc(C(F)(F)F)c2)N2CCN(C3CCCCC3)CC2)cc(OC)c1OC. The van der Waals surface area contributed by atoms with Crippen LogP contribution in [0, 0.1) is 0 Å². The molecule has 2 fully saturated rings. The highest BCUT2D eigenvalue weighted by Crippen LogP contribution is 2.41. The first-order valence-electron chi connectivity index (χ1n) is 14.2. The van der Waals surface area contributed by atoms with Crippen LogP contribution < -0.4 is 19.5 Å². The molecule has 1 aliphatic heterocycles. The van der Waals surface area contributed by atoms with E-state index in [9.17, 15) is 26.3 Å². The minimum Gasteiger partial charge on any atom is -0.493 e. The van der Waals surface area contributed by atoms with Crippen LogP contribution >= 0.6 is 0 Å². The molecule has 0 amide bonds. The predicted molar refractivity (Wildman–Crippen MR) is 147 cm³/mol. The Balaban J connectivity index is 1.57. The molecule has 1 heterocycles. The van der Waals surface area contributed by atoms with Gasteiger partial charge in [0.05, 0.1) is 32.5 Å². The molecule has 0 spiro atoms. The standard InChI is InChI=1S/C30H39F6N3O3/c1-40-26-15-21(16-27(41-2)28(26)42-3)25(39-11-9-38(10-12-39)24-7-5-4-6-8-24)19-37-18-20-13-22(29(31,32)33)17-23(14-20)30(34,35)36/h13-17,24-25,37H,4-12,18-19H2,1-3H3. The molecule has 2 aromatic rings. The highest BCUT2D eigenvalue weighted by atomic mass is 19.4. The highest BCUT2D eigenvalue weighted by Gasteiger charge is 2.37. The van der Waals surface area contributed by atoms with E-state index in [0.29, 0.717) is 23.3 Å². The molecule has 234 valence electrons. The van der Waals surface area contributed by atoms with Gasteiger partial charge in [0.1, 0.15) is 0 Å². The lowest BCUT2D eigenvalue weighted by molar-refractivity contribution is -0.143. The van der Waals surface area contributed by atoms with Crippen LogP contribution in [0.4, 0.5) is 26.3 Å². The first-order valence-corrected chi connectivity index (χ1v) is 14.2. The summed E-state index contributed by atoms with van der Waals surface area (Å²) in [6, 6.07) is 5.69. The number of hydrogen-bond donors (Lipinski definition) is 1. The van der Waals surface area contributed by atoms with E-state index >= 15 is 0 Å². The Hall–Kier alpha value is -2.70. The molecule has 0 aromatic heterocycles. The monoisotopic (exact) mass is 603 g/mol. The summed E-state index contributed by atoms with van der Waals surface area (Å²) in [6.45, 7) is 3.40. The molecule has 6 nitrogen and oxygen atoms in total. The summed E-state index contributed by atoms with van der Waals surface area (Å²) in [4.78, 5) is 4.83. The summed E-state index contributed by atoms with van der Waals surface area (Å²) in [5, 5.41) is 3.13. The van der Waals surface area contributed by atoms with Crippen molar-refractivity contribution < 1.29 is 40.6 Å². The molecule has 2 aliphatic rings. The third kappa shape index (κ3) is 7.82. The van der Waals surface area contributed by atoms with Crippen molar-refractivity contribution in [3.63, 3.8) is 0 Å². The van der Waals surface area contributed by atoms with Gasteiger partial charge < -0.3 is 19.5 Å². The topological polar surface area (TPSA) is 46.2 Å². The molecule has 1 aliphatic carbocycles. The van der Waals surface area contributed by atoms with Gasteiger partial charge in [0.2, 0.25) is 5.75 Å². The van der Waals surface area contributed by atoms with Crippen molar-refractivity contribution in [2.24, 2.45) is 0 Å². The second-order valence-corrected chi connectivity index (χ2v) is 10.9. The molecule has 4 rings (SSSR count). The van der Waals surface area contributed by atoms with Gasteiger partial charge in [-0.2, -0.15) is 26.3 Å². The lowest BCUT2D eigenvalue weighted by atomic mass is 9.93. The van der Waals surface area contributed by atoms with Crippen LogP contribution in [0.2, 0.25) is 0 Å². The maximum atomic E-state index is 13.4. The summed E-state index contributed by atoms with van der Waals surface area (Å²) in [7, 11) is 4.54. The molecule has 12 heteroatoms. The van der Waals surface area contributed by atoms with Crippen LogP contribution in [0.15, 0.2) is 30.3 Å². The molecule has 0 bridgehead atoms. The summed E-state index contributed by atoms with van der Waals surface area (Å²) >= 11 is 0. The van der Waals surface area contributed by atoms with Crippen molar-refractivity contribution in [2.75, 3.05) is 54.1 Å². The molecule has 0 radical (unpaired) electrons. The molecule has 1 N–H and O–H groups in total. The van der Waals surface area contributed by atoms with Crippen molar-refractivity contribution in [3.05, 3.63) is 52.6 Å². The second-order valence-electron chi connectivity index (χ2n) is 10.9. The third-order valence-corrected chi connectivity index (χ3v) is 8.27. The average Bonchev–Trinajstić information content (AvgIpc) is 2.98. The Bertz CT molecular complexity index is 1120. The van der Waals surface area contributed by atoms with Gasteiger partial charge in [-0.1, -0.05) is 19.3 Å². The second kappa shape index (κ2) is 13.7. The lowest BCUT2D eigenvalue weighted by Crippen LogP contribution is -2.52. The Morgan fingerprint density at radius 3 is 1.79 bits per heavy atom. The molecule has 1 atom stereocenters. The van der Waals surface area contributed by atoms with Crippen LogP contribution in [0.1, 0.15) is 60.4 Å². The zero-order valence-corrected chi connectivity index (χ0v) is 24.2. The van der Waals surface area contributed by atoms with Crippen LogP contribution in [0.3, 0.4) is 0 Å². The molecule has 1 unspecified atom stereocenters. The Morgan fingerprint density at radius 2 is 1.31 bits per heavy atom. The Morgan fingerprint density at radius 1 is 0.762 bits per heavy atom. The molecule has 2 aromatic carbocycles. The van der Waals surface area contributed by atoms with Gasteiger partial charge in [0.25, 0.3) is 0 Å². The minimum atomic E-state index is -4.90. The average molecular weight is 604 g/mol. The number of nitrogens with zero attached hydrogens (tertiary/aromatic N) is 2. The maximum absolute atomic E-state index is 13.4. The smallest absolute Gasteiger partial charge is 0.416 e. The number of benzene rings is 2. The van der Waals surface area contributed by atoms with E-state index in [-0.39, 0.29) is 30.8 Å². The van der Waals surface area contributed by atoms with Crippen molar-refractivity contribution in [1.29, 1.82) is 0 Å². The molecule has 42 heavy (non-hydrogen) atoms. The Labute approximate surface area is 242 Å². The Kier molecular flexibility index (Phi) is 10.5. The number of methoxy groups -OCH3 is 3. The number of piperazine rings is 1. The summed E-state index contributed by atoms with van der Waals surface area (Å²) in [5.74, 6) is 1.36. The quantitative estimate of drug-likeness (QED) is 0.312. The van der Waals surface area contributed by atoms with Crippen molar-refractivity contribution >= 4 is 0 Å². The first-order chi connectivity index (χ1) is 19.9. The fourth-order valence-electron chi connectivity index (χ4n) is 6.09. The predicted octanol–water partition coefficient (Wildman–Crippen LogP) is 6.53. The van der Waals surface area contributed by atoms with E-state index in [0.717, 1.165) is 43.9 Å². The van der Waals surface area contributed by atoms with Crippen molar-refractivity contribution in [1.82, 2.24) is 15.1 Å². The van der Waals surface area contributed by atoms with E-state index in [1.165, 1.54) is 53.4 Å². The fraction of sp³-hybridized carbons (Fsp3) is 0.600. The largest absolute Gasteiger partial charge is 0.493 e. The summed E-state index contributed by atoms with van der Waals surface area (Å²) in [5.41, 5.74) is -1.91. The van der Waals surface area contributed by atoms with E-state index in [1.54, 1.807) is 0 Å². The highest BCUT2D eigenvalue weighted by molar-refractivity contribution is 5.54. The number of hydrogen-bond acceptors (Lipinski definition) is 6. The van der Waals surface area contributed by atoms with Crippen LogP contribution in [-0.2, 0) is 18.9 Å². The summed E-state index contributed by atoms with van der Waals surface area (Å²) in [6.07, 6.45) is -3.62. The van der Waals surface area contributed by atoms with E-state index in [2.05, 4.69) is 15.1 Å². The first kappa shape index (κ1) is 32.2. The van der Waals surface area contributed by atoms with E-state index < -0.39 is 23.5 Å². The van der Waals surface area contributed by atoms with Gasteiger partial charge in [-0.05, 0) is 54.3 Å². The zero-order valence-electron chi connectivity index (χ0n) is 24.2. The molecular formula is C30H39F6N3O3. The van der Waals surface area contributed by atoms with Crippen molar-refractivity contribution in [3.8, 4) is 17.2 Å². The number of nitrogens with one attached hydrogen (secondary N) is 1. The van der Waals surface area contributed by atoms with E-state index in [4.69, 9.17) is 14.2 Å². The normalized spacial score (nSPS) is 18.6. The maximum Gasteiger partial charge on any atom is 0.416 e. The van der Waals surface area contributed by atoms with Gasteiger partial charge in [-0.15, -0.1) is 0 Å².